The van der Waals surface area contributed by atoms with Crippen molar-refractivity contribution in [2.45, 2.75) is 34.1 Å². The quantitative estimate of drug-likeness (QED) is 0.652. The molecule has 0 aliphatic carbocycles. The maximum absolute atomic E-state index is 12.8. The first kappa shape index (κ1) is 22.2. The third-order valence-corrected chi connectivity index (χ3v) is 4.65. The number of hydrogen-bond donors (Lipinski definition) is 1. The van der Waals surface area contributed by atoms with Crippen LogP contribution in [0.25, 0.3) is 11.4 Å². The Bertz CT molecular complexity index is 1110. The summed E-state index contributed by atoms with van der Waals surface area (Å²) >= 11 is 0. The van der Waals surface area contributed by atoms with E-state index in [9.17, 15) is 9.59 Å². The average molecular weight is 421 g/mol. The molecule has 7 nitrogen and oxygen atoms in total. The summed E-state index contributed by atoms with van der Waals surface area (Å²) < 4.78 is 5.36. The van der Waals surface area contributed by atoms with Crippen LogP contribution in [-0.4, -0.2) is 41.0 Å². The van der Waals surface area contributed by atoms with Gasteiger partial charge in [-0.1, -0.05) is 38.1 Å². The topological polar surface area (TPSA) is 88.3 Å². The van der Waals surface area contributed by atoms with Crippen LogP contribution < -0.4 is 5.32 Å². The molecule has 0 bridgehead atoms. The second-order valence-electron chi connectivity index (χ2n) is 9.01. The van der Waals surface area contributed by atoms with Gasteiger partial charge in [0, 0.05) is 42.9 Å². The predicted molar refractivity (Wildman–Crippen MR) is 120 cm³/mol. The number of amides is 2. The molecule has 1 N–H and O–H groups in total. The van der Waals surface area contributed by atoms with Crippen LogP contribution in [0.1, 0.15) is 52.9 Å². The first-order valence-electron chi connectivity index (χ1n) is 10.1. The minimum Gasteiger partial charge on any atom is -0.345 e. The Kier molecular flexibility index (Phi) is 6.24. The van der Waals surface area contributed by atoms with Crippen molar-refractivity contribution < 1.29 is 14.1 Å². The SMILES string of the molecule is Cc1cc(NC(=O)c2cccc(-c3noc(CC(C)(C)C)n3)c2)ccc1C(=O)N(C)C. The number of carbonyl (C=O) groups excluding carboxylic acids is 2. The van der Waals surface area contributed by atoms with E-state index in [2.05, 4.69) is 36.2 Å². The average Bonchev–Trinajstić information content (AvgIpc) is 3.14. The van der Waals surface area contributed by atoms with Crippen molar-refractivity contribution in [2.24, 2.45) is 5.41 Å². The smallest absolute Gasteiger partial charge is 0.255 e. The molecule has 3 aromatic rings. The van der Waals surface area contributed by atoms with E-state index in [1.54, 1.807) is 50.5 Å². The lowest BCUT2D eigenvalue weighted by atomic mass is 9.92. The van der Waals surface area contributed by atoms with Gasteiger partial charge in [-0.25, -0.2) is 0 Å². The van der Waals surface area contributed by atoms with Gasteiger partial charge in [0.2, 0.25) is 11.7 Å². The van der Waals surface area contributed by atoms with Crippen molar-refractivity contribution >= 4 is 17.5 Å². The van der Waals surface area contributed by atoms with Gasteiger partial charge in [0.05, 0.1) is 0 Å². The summed E-state index contributed by atoms with van der Waals surface area (Å²) in [5.74, 6) is 0.692. The molecule has 2 amide bonds. The lowest BCUT2D eigenvalue weighted by molar-refractivity contribution is 0.0826. The fraction of sp³-hybridized carbons (Fsp3) is 0.333. The Morgan fingerprint density at radius 2 is 1.84 bits per heavy atom. The number of anilines is 1. The van der Waals surface area contributed by atoms with E-state index in [4.69, 9.17) is 4.52 Å². The molecule has 0 saturated carbocycles. The third kappa shape index (κ3) is 5.57. The molecule has 0 saturated heterocycles. The highest BCUT2D eigenvalue weighted by molar-refractivity contribution is 6.05. The zero-order chi connectivity index (χ0) is 22.8. The van der Waals surface area contributed by atoms with Gasteiger partial charge in [0.1, 0.15) is 0 Å². The van der Waals surface area contributed by atoms with Crippen molar-refractivity contribution in [3.63, 3.8) is 0 Å². The standard InChI is InChI=1S/C24H28N4O3/c1-15-12-18(10-11-19(15)23(30)28(5)6)25-22(29)17-9-7-8-16(13-17)21-26-20(31-27-21)14-24(2,3)4/h7-13H,14H2,1-6H3,(H,25,29). The fourth-order valence-corrected chi connectivity index (χ4v) is 3.12. The molecule has 31 heavy (non-hydrogen) atoms. The first-order valence-corrected chi connectivity index (χ1v) is 10.1. The van der Waals surface area contributed by atoms with Gasteiger partial charge in [-0.2, -0.15) is 4.98 Å². The highest BCUT2D eigenvalue weighted by atomic mass is 16.5. The molecule has 1 heterocycles. The zero-order valence-corrected chi connectivity index (χ0v) is 18.8. The lowest BCUT2D eigenvalue weighted by Gasteiger charge is -2.14. The maximum Gasteiger partial charge on any atom is 0.255 e. The van der Waals surface area contributed by atoms with Crippen LogP contribution in [-0.2, 0) is 6.42 Å². The van der Waals surface area contributed by atoms with E-state index in [0.717, 1.165) is 5.56 Å². The Balaban J connectivity index is 1.76. The van der Waals surface area contributed by atoms with Gasteiger partial charge < -0.3 is 14.7 Å². The monoisotopic (exact) mass is 420 g/mol. The van der Waals surface area contributed by atoms with Crippen LogP contribution in [0.4, 0.5) is 5.69 Å². The van der Waals surface area contributed by atoms with Crippen molar-refractivity contribution in [1.29, 1.82) is 0 Å². The van der Waals surface area contributed by atoms with Crippen molar-refractivity contribution in [2.75, 3.05) is 19.4 Å². The minimum atomic E-state index is -0.258. The maximum atomic E-state index is 12.8. The van der Waals surface area contributed by atoms with E-state index in [0.29, 0.717) is 40.5 Å². The molecule has 0 radical (unpaired) electrons. The molecule has 2 aromatic carbocycles. The van der Waals surface area contributed by atoms with Gasteiger partial charge in [-0.15, -0.1) is 0 Å². The number of hydrogen-bond acceptors (Lipinski definition) is 5. The summed E-state index contributed by atoms with van der Waals surface area (Å²) in [4.78, 5) is 30.9. The number of nitrogens with zero attached hydrogens (tertiary/aromatic N) is 3. The van der Waals surface area contributed by atoms with E-state index >= 15 is 0 Å². The molecule has 0 unspecified atom stereocenters. The van der Waals surface area contributed by atoms with Gasteiger partial charge in [-0.3, -0.25) is 9.59 Å². The molecular formula is C24H28N4O3. The van der Waals surface area contributed by atoms with Gasteiger partial charge in [-0.05, 0) is 48.2 Å². The van der Waals surface area contributed by atoms with Gasteiger partial charge in [0.15, 0.2) is 0 Å². The van der Waals surface area contributed by atoms with Crippen molar-refractivity contribution in [1.82, 2.24) is 15.0 Å². The van der Waals surface area contributed by atoms with Crippen molar-refractivity contribution in [3.8, 4) is 11.4 Å². The lowest BCUT2D eigenvalue weighted by Crippen LogP contribution is -2.22. The molecule has 0 aliphatic heterocycles. The summed E-state index contributed by atoms with van der Waals surface area (Å²) in [5.41, 5.74) is 3.24. The minimum absolute atomic E-state index is 0.0381. The second kappa shape index (κ2) is 8.71. The molecule has 0 aliphatic rings. The number of rotatable bonds is 5. The molecule has 0 atom stereocenters. The summed E-state index contributed by atoms with van der Waals surface area (Å²) in [7, 11) is 3.42. The number of benzene rings is 2. The van der Waals surface area contributed by atoms with Gasteiger partial charge in [0.25, 0.3) is 11.8 Å². The zero-order valence-electron chi connectivity index (χ0n) is 18.8. The number of carbonyl (C=O) groups is 2. The Morgan fingerprint density at radius 3 is 2.48 bits per heavy atom. The number of aryl methyl sites for hydroxylation is 1. The number of aromatic nitrogens is 2. The van der Waals surface area contributed by atoms with Crippen LogP contribution >= 0.6 is 0 Å². The summed E-state index contributed by atoms with van der Waals surface area (Å²) in [6.07, 6.45) is 0.672. The van der Waals surface area contributed by atoms with Crippen LogP contribution in [0.2, 0.25) is 0 Å². The summed E-state index contributed by atoms with van der Waals surface area (Å²) in [6.45, 7) is 8.16. The summed E-state index contributed by atoms with van der Waals surface area (Å²) in [6, 6.07) is 12.3. The highest BCUT2D eigenvalue weighted by Gasteiger charge is 2.18. The van der Waals surface area contributed by atoms with E-state index in [1.807, 2.05) is 13.0 Å². The van der Waals surface area contributed by atoms with Gasteiger partial charge >= 0.3 is 0 Å². The molecule has 162 valence electrons. The molecule has 0 fully saturated rings. The van der Waals surface area contributed by atoms with Crippen molar-refractivity contribution in [3.05, 3.63) is 65.0 Å². The largest absolute Gasteiger partial charge is 0.345 e. The Labute approximate surface area is 182 Å². The third-order valence-electron chi connectivity index (χ3n) is 4.65. The molecule has 7 heteroatoms. The highest BCUT2D eigenvalue weighted by Crippen LogP contribution is 2.23. The first-order chi connectivity index (χ1) is 14.5. The molecule has 3 rings (SSSR count). The van der Waals surface area contributed by atoms with Crippen LogP contribution in [0.5, 0.6) is 0 Å². The van der Waals surface area contributed by atoms with Crippen LogP contribution in [0.15, 0.2) is 47.0 Å². The summed E-state index contributed by atoms with van der Waals surface area (Å²) in [5, 5.41) is 6.93. The molecule has 0 spiro atoms. The predicted octanol–water partition coefficient (Wildman–Crippen LogP) is 4.59. The van der Waals surface area contributed by atoms with Crippen LogP contribution in [0.3, 0.4) is 0 Å². The Hall–Kier alpha value is -3.48. The molecule has 1 aromatic heterocycles. The normalized spacial score (nSPS) is 11.3. The fourth-order valence-electron chi connectivity index (χ4n) is 3.12. The van der Waals surface area contributed by atoms with E-state index in [-0.39, 0.29) is 17.2 Å². The van der Waals surface area contributed by atoms with E-state index < -0.39 is 0 Å². The van der Waals surface area contributed by atoms with E-state index in [1.165, 1.54) is 4.90 Å². The number of nitrogens with one attached hydrogen (secondary N) is 1. The second-order valence-corrected chi connectivity index (χ2v) is 9.01. The van der Waals surface area contributed by atoms with Crippen LogP contribution in [0, 0.1) is 12.3 Å². The molecular weight excluding hydrogens is 392 g/mol. The Morgan fingerprint density at radius 1 is 1.10 bits per heavy atom.